The van der Waals surface area contributed by atoms with E-state index in [1.165, 1.54) is 6.07 Å². The van der Waals surface area contributed by atoms with Gasteiger partial charge in [0.15, 0.2) is 0 Å². The van der Waals surface area contributed by atoms with Crippen LogP contribution in [0.25, 0.3) is 0 Å². The lowest BCUT2D eigenvalue weighted by Gasteiger charge is -2.16. The first-order valence-electron chi connectivity index (χ1n) is 6.39. The molecule has 0 radical (unpaired) electrons. The number of sulfonamides is 1. The number of nitrogens with zero attached hydrogens (tertiary/aromatic N) is 1. The lowest BCUT2D eigenvalue weighted by molar-refractivity contribution is 0.444. The Kier molecular flexibility index (Phi) is 3.92. The van der Waals surface area contributed by atoms with E-state index in [9.17, 15) is 8.42 Å². The summed E-state index contributed by atoms with van der Waals surface area (Å²) in [4.78, 5) is 0.305. The number of nitrogens with two attached hydrogens (primary N) is 1. The summed E-state index contributed by atoms with van der Waals surface area (Å²) in [5, 5.41) is 0. The van der Waals surface area contributed by atoms with Gasteiger partial charge in [0.25, 0.3) is 0 Å². The van der Waals surface area contributed by atoms with Gasteiger partial charge in [-0.15, -0.1) is 0 Å². The molecular formula is C13H20N2O2S. The van der Waals surface area contributed by atoms with Gasteiger partial charge in [0.05, 0.1) is 4.90 Å². The van der Waals surface area contributed by atoms with Crippen molar-refractivity contribution in [2.75, 3.05) is 18.8 Å². The zero-order chi connectivity index (χ0) is 13.2. The highest BCUT2D eigenvalue weighted by atomic mass is 32.2. The predicted molar refractivity (Wildman–Crippen MR) is 72.6 cm³/mol. The van der Waals surface area contributed by atoms with Crippen LogP contribution in [0.15, 0.2) is 29.2 Å². The minimum atomic E-state index is -3.36. The van der Waals surface area contributed by atoms with Crippen LogP contribution in [0.1, 0.15) is 26.2 Å². The minimum absolute atomic E-state index is 0.305. The molecule has 1 aromatic rings. The van der Waals surface area contributed by atoms with E-state index in [4.69, 9.17) is 5.73 Å². The third-order valence-corrected chi connectivity index (χ3v) is 5.30. The van der Waals surface area contributed by atoms with Gasteiger partial charge in [-0.3, -0.25) is 0 Å². The van der Waals surface area contributed by atoms with Crippen LogP contribution in [0.5, 0.6) is 0 Å². The lowest BCUT2D eigenvalue weighted by Crippen LogP contribution is -2.28. The summed E-state index contributed by atoms with van der Waals surface area (Å²) in [5.41, 5.74) is 6.13. The second kappa shape index (κ2) is 5.28. The first-order valence-corrected chi connectivity index (χ1v) is 7.83. The molecule has 0 spiro atoms. The second-order valence-corrected chi connectivity index (χ2v) is 6.82. The molecule has 2 N–H and O–H groups in total. The molecule has 0 amide bonds. The second-order valence-electron chi connectivity index (χ2n) is 4.88. The van der Waals surface area contributed by atoms with Gasteiger partial charge in [-0.25, -0.2) is 8.42 Å². The van der Waals surface area contributed by atoms with Crippen molar-refractivity contribution in [1.82, 2.24) is 4.31 Å². The SMILES string of the molecule is CCCC1CCN(S(=O)(=O)c2cccc(N)c2)C1. The van der Waals surface area contributed by atoms with Crippen LogP contribution in [-0.2, 0) is 10.0 Å². The Hall–Kier alpha value is -1.07. The van der Waals surface area contributed by atoms with Crippen LogP contribution < -0.4 is 5.73 Å². The molecule has 0 aliphatic carbocycles. The first-order chi connectivity index (χ1) is 8.54. The van der Waals surface area contributed by atoms with Gasteiger partial charge >= 0.3 is 0 Å². The van der Waals surface area contributed by atoms with Gasteiger partial charge in [0, 0.05) is 18.8 Å². The van der Waals surface area contributed by atoms with Crippen LogP contribution in [0.3, 0.4) is 0 Å². The Morgan fingerprint density at radius 1 is 1.44 bits per heavy atom. The highest BCUT2D eigenvalue weighted by molar-refractivity contribution is 7.89. The van der Waals surface area contributed by atoms with Gasteiger partial charge in [-0.1, -0.05) is 19.4 Å². The van der Waals surface area contributed by atoms with E-state index in [0.717, 1.165) is 19.3 Å². The third-order valence-electron chi connectivity index (χ3n) is 3.44. The molecule has 2 rings (SSSR count). The molecule has 1 aromatic carbocycles. The van der Waals surface area contributed by atoms with Crippen LogP contribution in [0.2, 0.25) is 0 Å². The van der Waals surface area contributed by atoms with E-state index in [1.807, 2.05) is 0 Å². The predicted octanol–water partition coefficient (Wildman–Crippen LogP) is 2.08. The molecule has 18 heavy (non-hydrogen) atoms. The van der Waals surface area contributed by atoms with Crippen LogP contribution in [0, 0.1) is 5.92 Å². The Morgan fingerprint density at radius 2 is 2.22 bits per heavy atom. The average Bonchev–Trinajstić information content (AvgIpc) is 2.79. The van der Waals surface area contributed by atoms with Crippen molar-refractivity contribution in [3.8, 4) is 0 Å². The number of benzene rings is 1. The molecule has 100 valence electrons. The number of nitrogen functional groups attached to an aromatic ring is 1. The molecule has 1 atom stereocenters. The van der Waals surface area contributed by atoms with E-state index < -0.39 is 10.0 Å². The van der Waals surface area contributed by atoms with E-state index in [0.29, 0.717) is 29.6 Å². The van der Waals surface area contributed by atoms with Crippen molar-refractivity contribution in [2.24, 2.45) is 5.92 Å². The summed E-state index contributed by atoms with van der Waals surface area (Å²) in [6, 6.07) is 6.52. The van der Waals surface area contributed by atoms with E-state index >= 15 is 0 Å². The van der Waals surface area contributed by atoms with Crippen LogP contribution in [0.4, 0.5) is 5.69 Å². The fourth-order valence-electron chi connectivity index (χ4n) is 2.48. The van der Waals surface area contributed by atoms with E-state index in [2.05, 4.69) is 6.92 Å². The maximum Gasteiger partial charge on any atom is 0.243 e. The van der Waals surface area contributed by atoms with Crippen molar-refractivity contribution >= 4 is 15.7 Å². The Bertz CT molecular complexity index is 513. The maximum absolute atomic E-state index is 12.4. The smallest absolute Gasteiger partial charge is 0.243 e. The van der Waals surface area contributed by atoms with Gasteiger partial charge in [0.1, 0.15) is 0 Å². The van der Waals surface area contributed by atoms with Crippen molar-refractivity contribution in [2.45, 2.75) is 31.1 Å². The molecule has 1 fully saturated rings. The molecule has 1 unspecified atom stereocenters. The fourth-order valence-corrected chi connectivity index (χ4v) is 4.07. The third kappa shape index (κ3) is 2.67. The highest BCUT2D eigenvalue weighted by Crippen LogP contribution is 2.27. The van der Waals surface area contributed by atoms with Gasteiger partial charge < -0.3 is 5.73 Å². The molecule has 0 saturated carbocycles. The molecule has 0 bridgehead atoms. The normalized spacial score (nSPS) is 21.3. The zero-order valence-electron chi connectivity index (χ0n) is 10.7. The Morgan fingerprint density at radius 3 is 2.89 bits per heavy atom. The summed E-state index contributed by atoms with van der Waals surface area (Å²) < 4.78 is 26.4. The molecule has 0 aromatic heterocycles. The first kappa shape index (κ1) is 13.4. The summed E-state index contributed by atoms with van der Waals surface area (Å²) >= 11 is 0. The van der Waals surface area contributed by atoms with Gasteiger partial charge in [-0.05, 0) is 37.0 Å². The largest absolute Gasteiger partial charge is 0.399 e. The number of anilines is 1. The maximum atomic E-state index is 12.4. The van der Waals surface area contributed by atoms with Crippen LogP contribution >= 0.6 is 0 Å². The summed E-state index contributed by atoms with van der Waals surface area (Å²) in [7, 11) is -3.36. The lowest BCUT2D eigenvalue weighted by atomic mass is 10.0. The van der Waals surface area contributed by atoms with E-state index in [-0.39, 0.29) is 0 Å². The monoisotopic (exact) mass is 268 g/mol. The van der Waals surface area contributed by atoms with Crippen molar-refractivity contribution < 1.29 is 8.42 Å². The van der Waals surface area contributed by atoms with Crippen molar-refractivity contribution in [3.63, 3.8) is 0 Å². The molecular weight excluding hydrogens is 248 g/mol. The minimum Gasteiger partial charge on any atom is -0.399 e. The van der Waals surface area contributed by atoms with Gasteiger partial charge in [-0.2, -0.15) is 4.31 Å². The zero-order valence-corrected chi connectivity index (χ0v) is 11.5. The standard InChI is InChI=1S/C13H20N2O2S/c1-2-4-11-7-8-15(10-11)18(16,17)13-6-3-5-12(14)9-13/h3,5-6,9,11H,2,4,7-8,10,14H2,1H3. The quantitative estimate of drug-likeness (QED) is 0.850. The molecule has 1 saturated heterocycles. The summed E-state index contributed by atoms with van der Waals surface area (Å²) in [5.74, 6) is 0.505. The fraction of sp³-hybridized carbons (Fsp3) is 0.538. The average molecular weight is 268 g/mol. The molecule has 1 aliphatic heterocycles. The number of rotatable bonds is 4. The highest BCUT2D eigenvalue weighted by Gasteiger charge is 2.31. The topological polar surface area (TPSA) is 63.4 Å². The Labute approximate surface area is 109 Å². The van der Waals surface area contributed by atoms with Crippen molar-refractivity contribution in [1.29, 1.82) is 0 Å². The molecule has 1 aliphatic rings. The molecule has 4 nitrogen and oxygen atoms in total. The Balaban J connectivity index is 2.18. The number of hydrogen-bond acceptors (Lipinski definition) is 3. The number of hydrogen-bond donors (Lipinski definition) is 1. The van der Waals surface area contributed by atoms with E-state index in [1.54, 1.807) is 22.5 Å². The molecule has 1 heterocycles. The summed E-state index contributed by atoms with van der Waals surface area (Å²) in [6.07, 6.45) is 3.18. The van der Waals surface area contributed by atoms with Crippen LogP contribution in [-0.4, -0.2) is 25.8 Å². The van der Waals surface area contributed by atoms with Crippen molar-refractivity contribution in [3.05, 3.63) is 24.3 Å². The summed E-state index contributed by atoms with van der Waals surface area (Å²) in [6.45, 7) is 3.40. The molecule has 5 heteroatoms. The van der Waals surface area contributed by atoms with Gasteiger partial charge in [0.2, 0.25) is 10.0 Å².